The van der Waals surface area contributed by atoms with Crippen LogP contribution in [0.25, 0.3) is 0 Å². The van der Waals surface area contributed by atoms with E-state index in [0.717, 1.165) is 11.4 Å². The quantitative estimate of drug-likeness (QED) is 0.833. The standard InChI is InChI=1S/C11H11N3OS2/c15-10(8-2-1-4-14-11(8)16)13-5-3-9-12-6-7-17-9/h1-2,4,6-7H,3,5H2,(H,13,15)(H,14,16). The van der Waals surface area contributed by atoms with Crippen LogP contribution in [0.15, 0.2) is 29.9 Å². The third kappa shape index (κ3) is 3.21. The van der Waals surface area contributed by atoms with Crippen molar-refractivity contribution in [3.63, 3.8) is 0 Å². The van der Waals surface area contributed by atoms with Gasteiger partial charge in [0.15, 0.2) is 0 Å². The fourth-order valence-electron chi connectivity index (χ4n) is 1.36. The third-order valence-electron chi connectivity index (χ3n) is 2.17. The fourth-order valence-corrected chi connectivity index (χ4v) is 2.20. The van der Waals surface area contributed by atoms with Crippen molar-refractivity contribution in [3.8, 4) is 0 Å². The van der Waals surface area contributed by atoms with Gasteiger partial charge in [-0.2, -0.15) is 0 Å². The number of carbonyl (C=O) groups excluding carboxylic acids is 1. The van der Waals surface area contributed by atoms with Gasteiger partial charge in [-0.05, 0) is 12.1 Å². The average Bonchev–Trinajstić information content (AvgIpc) is 2.82. The molecular weight excluding hydrogens is 254 g/mol. The summed E-state index contributed by atoms with van der Waals surface area (Å²) in [6.07, 6.45) is 4.21. The van der Waals surface area contributed by atoms with Gasteiger partial charge in [-0.1, -0.05) is 12.2 Å². The fraction of sp³-hybridized carbons (Fsp3) is 0.182. The van der Waals surface area contributed by atoms with E-state index in [1.54, 1.807) is 35.9 Å². The average molecular weight is 265 g/mol. The first-order chi connectivity index (χ1) is 8.27. The number of hydrogen-bond acceptors (Lipinski definition) is 4. The Kier molecular flexibility index (Phi) is 4.00. The Hall–Kier alpha value is -1.53. The summed E-state index contributed by atoms with van der Waals surface area (Å²) in [5.74, 6) is -0.150. The zero-order valence-corrected chi connectivity index (χ0v) is 10.6. The van der Waals surface area contributed by atoms with Crippen LogP contribution in [0, 0.1) is 4.64 Å². The van der Waals surface area contributed by atoms with Crippen LogP contribution in [0.2, 0.25) is 0 Å². The highest BCUT2D eigenvalue weighted by Gasteiger charge is 2.06. The molecule has 0 fully saturated rings. The van der Waals surface area contributed by atoms with Crippen LogP contribution >= 0.6 is 23.6 Å². The first kappa shape index (κ1) is 11.9. The second-order valence-corrected chi connectivity index (χ2v) is 4.73. The van der Waals surface area contributed by atoms with Crippen LogP contribution in [0.1, 0.15) is 15.4 Å². The van der Waals surface area contributed by atoms with Crippen LogP contribution in [-0.4, -0.2) is 22.4 Å². The molecule has 0 aliphatic rings. The first-order valence-electron chi connectivity index (χ1n) is 5.11. The SMILES string of the molecule is O=C(NCCc1nccs1)c1ccc[nH]c1=S. The zero-order valence-electron chi connectivity index (χ0n) is 8.97. The number of pyridine rings is 1. The van der Waals surface area contributed by atoms with Crippen LogP contribution < -0.4 is 5.32 Å². The van der Waals surface area contributed by atoms with Crippen molar-refractivity contribution in [3.05, 3.63) is 45.1 Å². The van der Waals surface area contributed by atoms with Gasteiger partial charge < -0.3 is 10.3 Å². The Morgan fingerprint density at radius 3 is 3.18 bits per heavy atom. The Morgan fingerprint density at radius 2 is 2.47 bits per heavy atom. The van der Waals surface area contributed by atoms with Crippen molar-refractivity contribution in [2.75, 3.05) is 6.54 Å². The number of thiazole rings is 1. The molecule has 17 heavy (non-hydrogen) atoms. The van der Waals surface area contributed by atoms with Gasteiger partial charge in [0, 0.05) is 30.7 Å². The van der Waals surface area contributed by atoms with Crippen molar-refractivity contribution in [1.29, 1.82) is 0 Å². The van der Waals surface area contributed by atoms with Crippen LogP contribution in [0.3, 0.4) is 0 Å². The van der Waals surface area contributed by atoms with Gasteiger partial charge in [-0.3, -0.25) is 4.79 Å². The Bertz CT molecular complexity index is 548. The number of rotatable bonds is 4. The van der Waals surface area contributed by atoms with E-state index in [0.29, 0.717) is 16.7 Å². The molecule has 0 aliphatic heterocycles. The molecule has 0 spiro atoms. The summed E-state index contributed by atoms with van der Waals surface area (Å²) in [6, 6.07) is 3.46. The lowest BCUT2D eigenvalue weighted by Crippen LogP contribution is -2.26. The number of aromatic nitrogens is 2. The van der Waals surface area contributed by atoms with Crippen LogP contribution in [0.5, 0.6) is 0 Å². The van der Waals surface area contributed by atoms with Gasteiger partial charge >= 0.3 is 0 Å². The maximum Gasteiger partial charge on any atom is 0.254 e. The van der Waals surface area contributed by atoms with E-state index in [-0.39, 0.29) is 5.91 Å². The maximum absolute atomic E-state index is 11.8. The predicted molar refractivity (Wildman–Crippen MR) is 69.8 cm³/mol. The summed E-state index contributed by atoms with van der Waals surface area (Å²) in [5.41, 5.74) is 0.502. The lowest BCUT2D eigenvalue weighted by Gasteiger charge is -2.03. The molecule has 0 saturated carbocycles. The largest absolute Gasteiger partial charge is 0.352 e. The van der Waals surface area contributed by atoms with Gasteiger partial charge in [0.1, 0.15) is 4.64 Å². The smallest absolute Gasteiger partial charge is 0.254 e. The van der Waals surface area contributed by atoms with E-state index in [4.69, 9.17) is 12.2 Å². The molecule has 0 aliphatic carbocycles. The van der Waals surface area contributed by atoms with Crippen LogP contribution in [0.4, 0.5) is 0 Å². The monoisotopic (exact) mass is 265 g/mol. The van der Waals surface area contributed by atoms with Crippen molar-refractivity contribution in [1.82, 2.24) is 15.3 Å². The van der Waals surface area contributed by atoms with E-state index in [2.05, 4.69) is 15.3 Å². The minimum absolute atomic E-state index is 0.150. The van der Waals surface area contributed by atoms with E-state index in [9.17, 15) is 4.79 Å². The van der Waals surface area contributed by atoms with Gasteiger partial charge in [0.05, 0.1) is 10.6 Å². The molecule has 4 nitrogen and oxygen atoms in total. The van der Waals surface area contributed by atoms with E-state index < -0.39 is 0 Å². The molecule has 0 bridgehead atoms. The Labute approximate surface area is 108 Å². The van der Waals surface area contributed by atoms with E-state index in [1.165, 1.54) is 0 Å². The van der Waals surface area contributed by atoms with Crippen molar-refractivity contribution < 1.29 is 4.79 Å². The van der Waals surface area contributed by atoms with E-state index >= 15 is 0 Å². The summed E-state index contributed by atoms with van der Waals surface area (Å²) in [6.45, 7) is 0.565. The lowest BCUT2D eigenvalue weighted by atomic mass is 10.2. The number of amides is 1. The zero-order chi connectivity index (χ0) is 12.1. The summed E-state index contributed by atoms with van der Waals surface area (Å²) < 4.78 is 0.458. The minimum Gasteiger partial charge on any atom is -0.352 e. The topological polar surface area (TPSA) is 57.8 Å². The van der Waals surface area contributed by atoms with Crippen LogP contribution in [-0.2, 0) is 6.42 Å². The summed E-state index contributed by atoms with van der Waals surface area (Å²) >= 11 is 6.62. The number of carbonyl (C=O) groups is 1. The molecule has 2 aromatic rings. The number of nitrogens with zero attached hydrogens (tertiary/aromatic N) is 1. The van der Waals surface area contributed by atoms with Gasteiger partial charge in [0.2, 0.25) is 0 Å². The second kappa shape index (κ2) is 5.70. The maximum atomic E-state index is 11.8. The molecule has 88 valence electrons. The lowest BCUT2D eigenvalue weighted by molar-refractivity contribution is 0.0953. The first-order valence-corrected chi connectivity index (χ1v) is 6.40. The molecule has 1 amide bonds. The Balaban J connectivity index is 1.90. The van der Waals surface area contributed by atoms with Gasteiger partial charge in [-0.25, -0.2) is 4.98 Å². The molecule has 0 saturated heterocycles. The molecule has 0 aromatic carbocycles. The summed E-state index contributed by atoms with van der Waals surface area (Å²) in [5, 5.41) is 5.76. The summed E-state index contributed by atoms with van der Waals surface area (Å²) in [4.78, 5) is 18.8. The number of H-pyrrole nitrogens is 1. The minimum atomic E-state index is -0.150. The predicted octanol–water partition coefficient (Wildman–Crippen LogP) is 2.17. The third-order valence-corrected chi connectivity index (χ3v) is 3.35. The molecule has 6 heteroatoms. The van der Waals surface area contributed by atoms with E-state index in [1.807, 2.05) is 5.38 Å². The van der Waals surface area contributed by atoms with Crippen molar-refractivity contribution in [2.45, 2.75) is 6.42 Å². The number of hydrogen-bond donors (Lipinski definition) is 2. The molecule has 2 aromatic heterocycles. The highest BCUT2D eigenvalue weighted by Crippen LogP contribution is 2.04. The highest BCUT2D eigenvalue weighted by molar-refractivity contribution is 7.71. The van der Waals surface area contributed by atoms with Crippen molar-refractivity contribution >= 4 is 29.5 Å². The number of nitrogens with one attached hydrogen (secondary N) is 2. The molecule has 2 rings (SSSR count). The molecule has 0 unspecified atom stereocenters. The Morgan fingerprint density at radius 1 is 1.59 bits per heavy atom. The second-order valence-electron chi connectivity index (χ2n) is 3.34. The van der Waals surface area contributed by atoms with Gasteiger partial charge in [-0.15, -0.1) is 11.3 Å². The molecule has 0 atom stereocenters. The summed E-state index contributed by atoms with van der Waals surface area (Å²) in [7, 11) is 0. The van der Waals surface area contributed by atoms with Gasteiger partial charge in [0.25, 0.3) is 5.91 Å². The molecule has 2 heterocycles. The molecule has 2 N–H and O–H groups in total. The highest BCUT2D eigenvalue weighted by atomic mass is 32.1. The normalized spacial score (nSPS) is 10.1. The van der Waals surface area contributed by atoms with Crippen molar-refractivity contribution in [2.24, 2.45) is 0 Å². The molecular formula is C11H11N3OS2. The number of aromatic amines is 1. The molecule has 0 radical (unpaired) electrons.